The zero-order valence-electron chi connectivity index (χ0n) is 12.0. The number of anilines is 1. The minimum Gasteiger partial charge on any atom is -0.359 e. The molecule has 1 saturated carbocycles. The molecule has 0 radical (unpaired) electrons. The summed E-state index contributed by atoms with van der Waals surface area (Å²) in [5.41, 5.74) is 0. The average Bonchev–Trinajstić information content (AvgIpc) is 3.16. The molecular weight excluding hydrogens is 272 g/mol. The first-order valence-corrected chi connectivity index (χ1v) is 8.35. The van der Waals surface area contributed by atoms with Gasteiger partial charge in [-0.05, 0) is 19.3 Å². The number of aromatic nitrogens is 2. The van der Waals surface area contributed by atoms with Crippen LogP contribution >= 0.6 is 11.5 Å². The van der Waals surface area contributed by atoms with Crippen molar-refractivity contribution in [3.8, 4) is 0 Å². The lowest BCUT2D eigenvalue weighted by Crippen LogP contribution is -2.30. The molecule has 1 aromatic rings. The summed E-state index contributed by atoms with van der Waals surface area (Å²) in [6, 6.07) is 0. The van der Waals surface area contributed by atoms with Crippen molar-refractivity contribution < 1.29 is 4.79 Å². The van der Waals surface area contributed by atoms with E-state index >= 15 is 0 Å². The molecule has 1 amide bonds. The Morgan fingerprint density at radius 2 is 2.10 bits per heavy atom. The summed E-state index contributed by atoms with van der Waals surface area (Å²) in [5.74, 6) is 1.84. The van der Waals surface area contributed by atoms with E-state index in [9.17, 15) is 4.79 Å². The fraction of sp³-hybridized carbons (Fsp3) is 0.786. The summed E-state index contributed by atoms with van der Waals surface area (Å²) in [4.78, 5) is 18.6. The van der Waals surface area contributed by atoms with Crippen molar-refractivity contribution in [2.24, 2.45) is 5.92 Å². The predicted octanol–water partition coefficient (Wildman–Crippen LogP) is 2.16. The highest BCUT2D eigenvalue weighted by Crippen LogP contribution is 2.34. The third kappa shape index (κ3) is 2.80. The molecule has 2 aliphatic rings. The lowest BCUT2D eigenvalue weighted by Gasteiger charge is -2.18. The molecule has 3 rings (SSSR count). The second kappa shape index (κ2) is 6.08. The van der Waals surface area contributed by atoms with Crippen LogP contribution in [0.2, 0.25) is 0 Å². The molecule has 1 N–H and O–H groups in total. The van der Waals surface area contributed by atoms with Crippen molar-refractivity contribution in [2.75, 3.05) is 25.0 Å². The fourth-order valence-corrected chi connectivity index (χ4v) is 4.01. The van der Waals surface area contributed by atoms with E-state index in [1.807, 2.05) is 0 Å². The second-order valence-corrected chi connectivity index (χ2v) is 6.55. The molecule has 1 aliphatic carbocycles. The Kier molecular flexibility index (Phi) is 4.19. The monoisotopic (exact) mass is 294 g/mol. The summed E-state index contributed by atoms with van der Waals surface area (Å²) in [6.07, 6.45) is 7.35. The minimum atomic E-state index is 0.0991. The van der Waals surface area contributed by atoms with Gasteiger partial charge in [-0.25, -0.2) is 4.98 Å². The first-order valence-electron chi connectivity index (χ1n) is 7.58. The Morgan fingerprint density at radius 1 is 1.30 bits per heavy atom. The predicted molar refractivity (Wildman–Crippen MR) is 80.1 cm³/mol. The summed E-state index contributed by atoms with van der Waals surface area (Å²) in [7, 11) is 1.71. The largest absolute Gasteiger partial charge is 0.359 e. The van der Waals surface area contributed by atoms with Crippen molar-refractivity contribution in [3.05, 3.63) is 5.82 Å². The van der Waals surface area contributed by atoms with Crippen LogP contribution in [0.25, 0.3) is 0 Å². The van der Waals surface area contributed by atoms with Gasteiger partial charge in [0.2, 0.25) is 11.0 Å². The summed E-state index contributed by atoms with van der Waals surface area (Å²) in [6.45, 7) is 1.69. The van der Waals surface area contributed by atoms with Crippen molar-refractivity contribution >= 4 is 22.6 Å². The van der Waals surface area contributed by atoms with E-state index in [4.69, 9.17) is 4.98 Å². The Labute approximate surface area is 123 Å². The second-order valence-electron chi connectivity index (χ2n) is 5.82. The van der Waals surface area contributed by atoms with Gasteiger partial charge in [-0.15, -0.1) is 0 Å². The topological polar surface area (TPSA) is 58.1 Å². The first-order chi connectivity index (χ1) is 9.78. The van der Waals surface area contributed by atoms with Crippen molar-refractivity contribution in [3.63, 3.8) is 0 Å². The van der Waals surface area contributed by atoms with Crippen LogP contribution < -0.4 is 10.2 Å². The number of hydrogen-bond donors (Lipinski definition) is 1. The molecule has 1 saturated heterocycles. The standard InChI is InChI=1S/C14H22N4OS/c1-15-13(19)11-7-8-18(9-11)14-16-12(17-20-14)10-5-3-2-4-6-10/h10-11H,2-9H2,1H3,(H,15,19)/t11-/m0/s1. The molecule has 5 nitrogen and oxygen atoms in total. The van der Waals surface area contributed by atoms with Gasteiger partial charge < -0.3 is 10.2 Å². The number of amides is 1. The number of nitrogens with one attached hydrogen (secondary N) is 1. The summed E-state index contributed by atoms with van der Waals surface area (Å²) in [5, 5.41) is 3.73. The molecule has 2 heterocycles. The van der Waals surface area contributed by atoms with E-state index in [0.29, 0.717) is 5.92 Å². The highest BCUT2D eigenvalue weighted by molar-refractivity contribution is 7.09. The highest BCUT2D eigenvalue weighted by atomic mass is 32.1. The maximum atomic E-state index is 11.7. The Balaban J connectivity index is 1.64. The lowest BCUT2D eigenvalue weighted by atomic mass is 9.89. The van der Waals surface area contributed by atoms with Crippen LogP contribution in [-0.2, 0) is 4.79 Å². The van der Waals surface area contributed by atoms with Gasteiger partial charge in [-0.2, -0.15) is 4.37 Å². The van der Waals surface area contributed by atoms with Gasteiger partial charge in [0, 0.05) is 37.6 Å². The van der Waals surface area contributed by atoms with Crippen LogP contribution in [0.5, 0.6) is 0 Å². The van der Waals surface area contributed by atoms with Gasteiger partial charge in [0.15, 0.2) is 0 Å². The molecular formula is C14H22N4OS. The smallest absolute Gasteiger partial charge is 0.224 e. The molecule has 6 heteroatoms. The normalized spacial score (nSPS) is 24.1. The van der Waals surface area contributed by atoms with E-state index in [2.05, 4.69) is 14.6 Å². The third-order valence-electron chi connectivity index (χ3n) is 4.48. The molecule has 0 spiro atoms. The number of carbonyl (C=O) groups excluding carboxylic acids is 1. The SMILES string of the molecule is CNC(=O)[C@H]1CCN(c2nc(C3CCCCC3)ns2)C1. The highest BCUT2D eigenvalue weighted by Gasteiger charge is 2.30. The maximum Gasteiger partial charge on any atom is 0.224 e. The zero-order chi connectivity index (χ0) is 13.9. The van der Waals surface area contributed by atoms with Gasteiger partial charge in [0.1, 0.15) is 5.82 Å². The van der Waals surface area contributed by atoms with Crippen molar-refractivity contribution in [1.82, 2.24) is 14.7 Å². The van der Waals surface area contributed by atoms with Crippen molar-refractivity contribution in [1.29, 1.82) is 0 Å². The number of rotatable bonds is 3. The molecule has 1 atom stereocenters. The Morgan fingerprint density at radius 3 is 2.85 bits per heavy atom. The van der Waals surface area contributed by atoms with Crippen LogP contribution in [0, 0.1) is 5.92 Å². The molecule has 0 unspecified atom stereocenters. The third-order valence-corrected chi connectivity index (χ3v) is 5.27. The van der Waals surface area contributed by atoms with Crippen LogP contribution in [0.4, 0.5) is 5.13 Å². The molecule has 1 aromatic heterocycles. The molecule has 20 heavy (non-hydrogen) atoms. The van der Waals surface area contributed by atoms with Gasteiger partial charge in [-0.3, -0.25) is 4.79 Å². The number of carbonyl (C=O) groups is 1. The molecule has 0 aromatic carbocycles. The fourth-order valence-electron chi connectivity index (χ4n) is 3.23. The zero-order valence-corrected chi connectivity index (χ0v) is 12.8. The maximum absolute atomic E-state index is 11.7. The molecule has 1 aliphatic heterocycles. The summed E-state index contributed by atoms with van der Waals surface area (Å²) < 4.78 is 4.56. The van der Waals surface area contributed by atoms with Gasteiger partial charge >= 0.3 is 0 Å². The van der Waals surface area contributed by atoms with Crippen LogP contribution in [0.1, 0.15) is 50.3 Å². The van der Waals surface area contributed by atoms with Gasteiger partial charge in [0.05, 0.1) is 5.92 Å². The van der Waals surface area contributed by atoms with E-state index < -0.39 is 0 Å². The first kappa shape index (κ1) is 13.8. The van der Waals surface area contributed by atoms with E-state index in [0.717, 1.165) is 30.5 Å². The molecule has 0 bridgehead atoms. The van der Waals surface area contributed by atoms with Crippen LogP contribution in [0.3, 0.4) is 0 Å². The van der Waals surface area contributed by atoms with Crippen LogP contribution in [-0.4, -0.2) is 35.4 Å². The minimum absolute atomic E-state index is 0.0991. The Hall–Kier alpha value is -1.17. The van der Waals surface area contributed by atoms with Gasteiger partial charge in [0.25, 0.3) is 0 Å². The molecule has 110 valence electrons. The quantitative estimate of drug-likeness (QED) is 0.928. The van der Waals surface area contributed by atoms with Gasteiger partial charge in [-0.1, -0.05) is 19.3 Å². The average molecular weight is 294 g/mol. The number of nitrogens with zero attached hydrogens (tertiary/aromatic N) is 3. The van der Waals surface area contributed by atoms with Crippen LogP contribution in [0.15, 0.2) is 0 Å². The van der Waals surface area contributed by atoms with E-state index in [1.54, 1.807) is 7.05 Å². The van der Waals surface area contributed by atoms with E-state index in [1.165, 1.54) is 43.6 Å². The van der Waals surface area contributed by atoms with E-state index in [-0.39, 0.29) is 11.8 Å². The summed E-state index contributed by atoms with van der Waals surface area (Å²) >= 11 is 1.49. The Bertz CT molecular complexity index is 469. The number of hydrogen-bond acceptors (Lipinski definition) is 5. The van der Waals surface area contributed by atoms with Crippen molar-refractivity contribution in [2.45, 2.75) is 44.4 Å². The lowest BCUT2D eigenvalue weighted by molar-refractivity contribution is -0.123. The molecule has 2 fully saturated rings.